The lowest BCUT2D eigenvalue weighted by Crippen LogP contribution is -2.28. The third-order valence-corrected chi connectivity index (χ3v) is 4.79. The van der Waals surface area contributed by atoms with Gasteiger partial charge in [-0.25, -0.2) is 0 Å². The van der Waals surface area contributed by atoms with E-state index >= 15 is 0 Å². The first-order valence-electron chi connectivity index (χ1n) is 6.84. The van der Waals surface area contributed by atoms with Gasteiger partial charge >= 0.3 is 7.60 Å². The van der Waals surface area contributed by atoms with E-state index in [1.807, 2.05) is 32.9 Å². The van der Waals surface area contributed by atoms with Crippen LogP contribution in [0.15, 0.2) is 42.2 Å². The molecule has 0 saturated carbocycles. The average Bonchev–Trinajstić information content (AvgIpc) is 2.41. The second-order valence-corrected chi connectivity index (χ2v) is 8.05. The zero-order valence-corrected chi connectivity index (χ0v) is 13.7. The topological polar surface area (TPSA) is 61.5 Å². The molecule has 2 N–H and O–H groups in total. The number of nitrogens with two attached hydrogens (primary N) is 1. The predicted octanol–water partition coefficient (Wildman–Crippen LogP) is 4.45. The van der Waals surface area contributed by atoms with Gasteiger partial charge in [0.05, 0.1) is 13.2 Å². The maximum atomic E-state index is 12.7. The third kappa shape index (κ3) is 4.07. The molecule has 0 bridgehead atoms. The second-order valence-electron chi connectivity index (χ2n) is 6.20. The van der Waals surface area contributed by atoms with Crippen LogP contribution in [0.4, 0.5) is 5.69 Å². The monoisotopic (exact) mass is 307 g/mol. The van der Waals surface area contributed by atoms with Crippen LogP contribution in [0.25, 0.3) is 5.57 Å². The van der Waals surface area contributed by atoms with E-state index in [-0.39, 0.29) is 5.41 Å². The summed E-state index contributed by atoms with van der Waals surface area (Å²) in [6.45, 7) is 10.7. The Balaban J connectivity index is 2.32. The van der Waals surface area contributed by atoms with Crippen molar-refractivity contribution in [3.05, 3.63) is 47.8 Å². The summed E-state index contributed by atoms with van der Waals surface area (Å²) >= 11 is 0. The van der Waals surface area contributed by atoms with Gasteiger partial charge in [0.1, 0.15) is 0 Å². The van der Waals surface area contributed by atoms with Gasteiger partial charge in [0, 0.05) is 16.9 Å². The van der Waals surface area contributed by atoms with E-state index in [0.717, 1.165) is 16.7 Å². The van der Waals surface area contributed by atoms with Crippen molar-refractivity contribution >= 4 is 18.9 Å². The zero-order valence-electron chi connectivity index (χ0n) is 12.8. The molecule has 2 rings (SSSR count). The normalized spacial score (nSPS) is 21.0. The van der Waals surface area contributed by atoms with Crippen molar-refractivity contribution < 1.29 is 13.6 Å². The summed E-state index contributed by atoms with van der Waals surface area (Å²) in [5, 5.41) is 0. The summed E-state index contributed by atoms with van der Waals surface area (Å²) in [5.74, 6) is 1.57. The Morgan fingerprint density at radius 1 is 1.29 bits per heavy atom. The Kier molecular flexibility index (Phi) is 4.43. The number of hydrogen-bond acceptors (Lipinski definition) is 4. The molecule has 1 aromatic carbocycles. The Bertz CT molecular complexity index is 603. The molecule has 1 aliphatic heterocycles. The maximum Gasteiger partial charge on any atom is 0.354 e. The van der Waals surface area contributed by atoms with E-state index in [2.05, 4.69) is 6.58 Å². The SMILES string of the molecule is C=C(C)/C(=C/P1(=O)OCC(C)(C)CO1)c1ccc(N)cc1. The quantitative estimate of drug-likeness (QED) is 0.509. The van der Waals surface area contributed by atoms with Gasteiger partial charge in [-0.1, -0.05) is 38.1 Å². The van der Waals surface area contributed by atoms with Crippen molar-refractivity contribution in [1.82, 2.24) is 0 Å². The van der Waals surface area contributed by atoms with E-state index in [0.29, 0.717) is 18.9 Å². The third-order valence-electron chi connectivity index (χ3n) is 3.24. The number of rotatable bonds is 3. The molecule has 0 aromatic heterocycles. The molecule has 1 aromatic rings. The van der Waals surface area contributed by atoms with Crippen LogP contribution in [0.2, 0.25) is 0 Å². The molecule has 114 valence electrons. The summed E-state index contributed by atoms with van der Waals surface area (Å²) in [6, 6.07) is 7.34. The maximum absolute atomic E-state index is 12.7. The van der Waals surface area contributed by atoms with Crippen molar-refractivity contribution in [2.45, 2.75) is 20.8 Å². The van der Waals surface area contributed by atoms with Crippen molar-refractivity contribution in [3.8, 4) is 0 Å². The highest BCUT2D eigenvalue weighted by Crippen LogP contribution is 2.56. The summed E-state index contributed by atoms with van der Waals surface area (Å²) in [6.07, 6.45) is 0. The highest BCUT2D eigenvalue weighted by atomic mass is 31.2. The Morgan fingerprint density at radius 2 is 1.81 bits per heavy atom. The van der Waals surface area contributed by atoms with Crippen LogP contribution in [0, 0.1) is 5.41 Å². The van der Waals surface area contributed by atoms with Crippen molar-refractivity contribution in [2.24, 2.45) is 5.41 Å². The van der Waals surface area contributed by atoms with Gasteiger partial charge in [-0.2, -0.15) is 0 Å². The van der Waals surface area contributed by atoms with Gasteiger partial charge in [-0.3, -0.25) is 4.57 Å². The molecule has 0 amide bonds. The fourth-order valence-electron chi connectivity index (χ4n) is 1.93. The van der Waals surface area contributed by atoms with Gasteiger partial charge in [-0.05, 0) is 30.2 Å². The van der Waals surface area contributed by atoms with E-state index in [4.69, 9.17) is 14.8 Å². The molecular formula is C16H22NO3P. The van der Waals surface area contributed by atoms with Gasteiger partial charge in [0.15, 0.2) is 0 Å². The number of nitrogen functional groups attached to an aromatic ring is 1. The van der Waals surface area contributed by atoms with Gasteiger partial charge in [0.2, 0.25) is 0 Å². The highest BCUT2D eigenvalue weighted by molar-refractivity contribution is 7.57. The van der Waals surface area contributed by atoms with Crippen LogP contribution < -0.4 is 5.73 Å². The molecule has 5 heteroatoms. The van der Waals surface area contributed by atoms with Crippen LogP contribution in [0.5, 0.6) is 0 Å². The van der Waals surface area contributed by atoms with Crippen LogP contribution in [-0.2, 0) is 13.6 Å². The zero-order chi connectivity index (χ0) is 15.7. The molecule has 1 heterocycles. The van der Waals surface area contributed by atoms with E-state index in [1.54, 1.807) is 17.9 Å². The molecular weight excluding hydrogens is 285 g/mol. The largest absolute Gasteiger partial charge is 0.399 e. The predicted molar refractivity (Wildman–Crippen MR) is 86.9 cm³/mol. The van der Waals surface area contributed by atoms with Crippen molar-refractivity contribution in [3.63, 3.8) is 0 Å². The Hall–Kier alpha value is -1.35. The molecule has 0 aliphatic carbocycles. The highest BCUT2D eigenvalue weighted by Gasteiger charge is 2.35. The summed E-state index contributed by atoms with van der Waals surface area (Å²) in [5.41, 5.74) is 8.71. The molecule has 1 saturated heterocycles. The molecule has 4 nitrogen and oxygen atoms in total. The van der Waals surface area contributed by atoms with Crippen LogP contribution >= 0.6 is 7.60 Å². The van der Waals surface area contributed by atoms with E-state index in [1.165, 1.54) is 0 Å². The standard InChI is InChI=1S/C16H22NO3P/c1-12(2)15(13-5-7-14(17)8-6-13)9-21(18)19-10-16(3,4)11-20-21/h5-9H,1,10-11,17H2,2-4H3/b15-9-. The molecule has 0 atom stereocenters. The minimum Gasteiger partial charge on any atom is -0.399 e. The Morgan fingerprint density at radius 3 is 2.29 bits per heavy atom. The number of anilines is 1. The molecule has 1 fully saturated rings. The van der Waals surface area contributed by atoms with Gasteiger partial charge in [0.25, 0.3) is 0 Å². The molecule has 0 unspecified atom stereocenters. The first kappa shape index (κ1) is 16.0. The summed E-state index contributed by atoms with van der Waals surface area (Å²) < 4.78 is 23.7. The summed E-state index contributed by atoms with van der Waals surface area (Å²) in [4.78, 5) is 0. The molecule has 1 aliphatic rings. The number of hydrogen-bond donors (Lipinski definition) is 1. The Labute approximate surface area is 126 Å². The smallest absolute Gasteiger partial charge is 0.354 e. The lowest BCUT2D eigenvalue weighted by atomic mass is 9.97. The first-order chi connectivity index (χ1) is 9.71. The van der Waals surface area contributed by atoms with Gasteiger partial charge < -0.3 is 14.8 Å². The molecule has 0 spiro atoms. The average molecular weight is 307 g/mol. The fourth-order valence-corrected chi connectivity index (χ4v) is 3.90. The minimum absolute atomic E-state index is 0.119. The van der Waals surface area contributed by atoms with E-state index < -0.39 is 7.60 Å². The molecule has 21 heavy (non-hydrogen) atoms. The van der Waals surface area contributed by atoms with Crippen LogP contribution in [-0.4, -0.2) is 13.2 Å². The lowest BCUT2D eigenvalue weighted by molar-refractivity contribution is 0.0458. The number of allylic oxidation sites excluding steroid dienone is 2. The van der Waals surface area contributed by atoms with E-state index in [9.17, 15) is 4.57 Å². The van der Waals surface area contributed by atoms with Crippen molar-refractivity contribution in [2.75, 3.05) is 18.9 Å². The van der Waals surface area contributed by atoms with Gasteiger partial charge in [-0.15, -0.1) is 0 Å². The lowest BCUT2D eigenvalue weighted by Gasteiger charge is -2.33. The summed E-state index contributed by atoms with van der Waals surface area (Å²) in [7, 11) is -3.23. The minimum atomic E-state index is -3.23. The van der Waals surface area contributed by atoms with Crippen molar-refractivity contribution in [1.29, 1.82) is 0 Å². The molecule has 0 radical (unpaired) electrons. The van der Waals surface area contributed by atoms with Crippen LogP contribution in [0.3, 0.4) is 0 Å². The van der Waals surface area contributed by atoms with Crippen LogP contribution in [0.1, 0.15) is 26.3 Å². The fraction of sp³-hybridized carbons (Fsp3) is 0.375. The first-order valence-corrected chi connectivity index (χ1v) is 8.45. The number of benzene rings is 1. The second kappa shape index (κ2) is 5.80.